The Kier molecular flexibility index (Phi) is 5.12. The smallest absolute Gasteiger partial charge is 0.240 e. The van der Waals surface area contributed by atoms with E-state index in [2.05, 4.69) is 40.4 Å². The summed E-state index contributed by atoms with van der Waals surface area (Å²) in [6.07, 6.45) is 2.01. The van der Waals surface area contributed by atoms with Crippen molar-refractivity contribution in [1.82, 2.24) is 20.5 Å². The second-order valence-corrected chi connectivity index (χ2v) is 4.83. The quantitative estimate of drug-likeness (QED) is 0.762. The Morgan fingerprint density at radius 1 is 1.20 bits per heavy atom. The van der Waals surface area contributed by atoms with E-state index in [1.807, 2.05) is 19.1 Å². The van der Waals surface area contributed by atoms with Gasteiger partial charge in [0, 0.05) is 30.1 Å². The highest BCUT2D eigenvalue weighted by Crippen LogP contribution is 2.20. The summed E-state index contributed by atoms with van der Waals surface area (Å²) >= 11 is 0. The van der Waals surface area contributed by atoms with Gasteiger partial charge < -0.3 is 10.1 Å². The summed E-state index contributed by atoms with van der Waals surface area (Å²) in [5.41, 5.74) is 3.19. The fourth-order valence-electron chi connectivity index (χ4n) is 1.92. The van der Waals surface area contributed by atoms with Crippen LogP contribution in [0, 0.1) is 6.92 Å². The molecule has 5 heteroatoms. The third-order valence-electron chi connectivity index (χ3n) is 2.92. The van der Waals surface area contributed by atoms with E-state index in [1.165, 1.54) is 5.56 Å². The lowest BCUT2D eigenvalue weighted by Gasteiger charge is -2.08. The van der Waals surface area contributed by atoms with Crippen LogP contribution < -0.4 is 10.1 Å². The molecule has 0 saturated heterocycles. The van der Waals surface area contributed by atoms with Crippen molar-refractivity contribution in [1.29, 1.82) is 0 Å². The van der Waals surface area contributed by atoms with Crippen LogP contribution in [0.5, 0.6) is 11.8 Å². The van der Waals surface area contributed by atoms with Crippen LogP contribution in [0.25, 0.3) is 0 Å². The van der Waals surface area contributed by atoms with E-state index in [1.54, 1.807) is 0 Å². The van der Waals surface area contributed by atoms with Crippen LogP contribution in [0.1, 0.15) is 37.2 Å². The number of pyridine rings is 1. The molecule has 20 heavy (non-hydrogen) atoms. The lowest BCUT2D eigenvalue weighted by molar-refractivity contribution is 0.440. The molecule has 0 atom stereocenters. The SMILES string of the molecule is CCCNCc1cc(CC)nc(Oc2cc(C)[nH]n2)c1. The zero-order valence-electron chi connectivity index (χ0n) is 12.4. The van der Waals surface area contributed by atoms with E-state index < -0.39 is 0 Å². The number of hydrogen-bond acceptors (Lipinski definition) is 4. The molecule has 0 aliphatic heterocycles. The molecular formula is C15H22N4O. The van der Waals surface area contributed by atoms with Crippen molar-refractivity contribution in [2.75, 3.05) is 6.54 Å². The van der Waals surface area contributed by atoms with Gasteiger partial charge in [-0.3, -0.25) is 5.10 Å². The van der Waals surface area contributed by atoms with E-state index in [0.717, 1.165) is 37.3 Å². The van der Waals surface area contributed by atoms with Crippen molar-refractivity contribution in [2.45, 2.75) is 40.2 Å². The van der Waals surface area contributed by atoms with Crippen molar-refractivity contribution < 1.29 is 4.74 Å². The van der Waals surface area contributed by atoms with Gasteiger partial charge in [-0.25, -0.2) is 4.98 Å². The highest BCUT2D eigenvalue weighted by Gasteiger charge is 2.06. The minimum Gasteiger partial charge on any atom is -0.419 e. The topological polar surface area (TPSA) is 62.8 Å². The number of hydrogen-bond donors (Lipinski definition) is 2. The normalized spacial score (nSPS) is 10.8. The van der Waals surface area contributed by atoms with Gasteiger partial charge in [0.05, 0.1) is 0 Å². The van der Waals surface area contributed by atoms with Crippen molar-refractivity contribution in [3.05, 3.63) is 35.2 Å². The summed E-state index contributed by atoms with van der Waals surface area (Å²) in [4.78, 5) is 4.48. The summed E-state index contributed by atoms with van der Waals surface area (Å²) in [5, 5.41) is 10.3. The molecule has 0 radical (unpaired) electrons. The fourth-order valence-corrected chi connectivity index (χ4v) is 1.92. The van der Waals surface area contributed by atoms with Crippen LogP contribution in [0.2, 0.25) is 0 Å². The molecule has 108 valence electrons. The Labute approximate surface area is 119 Å². The fraction of sp³-hybridized carbons (Fsp3) is 0.467. The first-order valence-electron chi connectivity index (χ1n) is 7.11. The van der Waals surface area contributed by atoms with Gasteiger partial charge in [0.2, 0.25) is 11.8 Å². The zero-order valence-corrected chi connectivity index (χ0v) is 12.4. The van der Waals surface area contributed by atoms with Gasteiger partial charge in [0.1, 0.15) is 0 Å². The Morgan fingerprint density at radius 3 is 2.70 bits per heavy atom. The average Bonchev–Trinajstić information content (AvgIpc) is 2.84. The summed E-state index contributed by atoms with van der Waals surface area (Å²) in [6, 6.07) is 5.94. The zero-order chi connectivity index (χ0) is 14.4. The first-order valence-corrected chi connectivity index (χ1v) is 7.11. The van der Waals surface area contributed by atoms with Crippen LogP contribution >= 0.6 is 0 Å². The lowest BCUT2D eigenvalue weighted by Crippen LogP contribution is -2.14. The third kappa shape index (κ3) is 4.06. The molecule has 0 amide bonds. The van der Waals surface area contributed by atoms with Gasteiger partial charge in [-0.15, -0.1) is 5.10 Å². The Morgan fingerprint density at radius 2 is 2.05 bits per heavy atom. The first-order chi connectivity index (χ1) is 9.71. The van der Waals surface area contributed by atoms with Gasteiger partial charge in [-0.1, -0.05) is 13.8 Å². The molecule has 2 N–H and O–H groups in total. The van der Waals surface area contributed by atoms with Gasteiger partial charge >= 0.3 is 0 Å². The third-order valence-corrected chi connectivity index (χ3v) is 2.92. The minimum absolute atomic E-state index is 0.552. The lowest BCUT2D eigenvalue weighted by atomic mass is 10.2. The van der Waals surface area contributed by atoms with Crippen LogP contribution in [0.3, 0.4) is 0 Å². The van der Waals surface area contributed by atoms with Crippen LogP contribution in [0.15, 0.2) is 18.2 Å². The van der Waals surface area contributed by atoms with E-state index in [4.69, 9.17) is 4.74 Å². The predicted molar refractivity (Wildman–Crippen MR) is 79.0 cm³/mol. The number of H-pyrrole nitrogens is 1. The van der Waals surface area contributed by atoms with Crippen molar-refractivity contribution in [2.24, 2.45) is 0 Å². The molecule has 0 aliphatic carbocycles. The summed E-state index contributed by atoms with van der Waals surface area (Å²) in [7, 11) is 0. The highest BCUT2D eigenvalue weighted by atomic mass is 16.5. The molecule has 0 saturated carbocycles. The summed E-state index contributed by atoms with van der Waals surface area (Å²) in [6.45, 7) is 8.03. The number of aromatic amines is 1. The number of nitrogens with one attached hydrogen (secondary N) is 2. The molecule has 0 fully saturated rings. The number of aryl methyl sites for hydroxylation is 2. The molecule has 0 bridgehead atoms. The van der Waals surface area contributed by atoms with Gasteiger partial charge in [0.25, 0.3) is 0 Å². The van der Waals surface area contributed by atoms with Crippen LogP contribution in [-0.2, 0) is 13.0 Å². The summed E-state index contributed by atoms with van der Waals surface area (Å²) in [5.74, 6) is 1.15. The van der Waals surface area contributed by atoms with Crippen molar-refractivity contribution >= 4 is 0 Å². The second-order valence-electron chi connectivity index (χ2n) is 4.83. The molecule has 2 aromatic heterocycles. The van der Waals surface area contributed by atoms with Crippen molar-refractivity contribution in [3.8, 4) is 11.8 Å². The van der Waals surface area contributed by atoms with Crippen molar-refractivity contribution in [3.63, 3.8) is 0 Å². The standard InChI is InChI=1S/C15H22N4O/c1-4-6-16-10-12-8-13(5-2)17-14(9-12)20-15-7-11(3)18-19-15/h7-9,16H,4-6,10H2,1-3H3,(H,18,19). The number of ether oxygens (including phenoxy) is 1. The molecule has 0 spiro atoms. The van der Waals surface area contributed by atoms with Gasteiger partial charge in [-0.2, -0.15) is 0 Å². The maximum atomic E-state index is 5.71. The molecule has 0 aliphatic rings. The van der Waals surface area contributed by atoms with E-state index in [-0.39, 0.29) is 0 Å². The molecule has 2 heterocycles. The maximum absolute atomic E-state index is 5.71. The molecule has 0 aromatic carbocycles. The average molecular weight is 274 g/mol. The number of aromatic nitrogens is 3. The Balaban J connectivity index is 2.12. The maximum Gasteiger partial charge on any atom is 0.240 e. The Bertz CT molecular complexity index is 551. The number of nitrogens with zero attached hydrogens (tertiary/aromatic N) is 2. The molecular weight excluding hydrogens is 252 g/mol. The van der Waals surface area contributed by atoms with Crippen LogP contribution in [0.4, 0.5) is 0 Å². The molecule has 0 unspecified atom stereocenters. The Hall–Kier alpha value is -1.88. The summed E-state index contributed by atoms with van der Waals surface area (Å²) < 4.78 is 5.71. The monoisotopic (exact) mass is 274 g/mol. The highest BCUT2D eigenvalue weighted by molar-refractivity contribution is 5.28. The van der Waals surface area contributed by atoms with Gasteiger partial charge in [0.15, 0.2) is 0 Å². The van der Waals surface area contributed by atoms with E-state index in [0.29, 0.717) is 11.8 Å². The minimum atomic E-state index is 0.552. The number of rotatable bonds is 7. The predicted octanol–water partition coefficient (Wildman–Crippen LogP) is 2.97. The van der Waals surface area contributed by atoms with E-state index in [9.17, 15) is 0 Å². The second kappa shape index (κ2) is 7.05. The van der Waals surface area contributed by atoms with Gasteiger partial charge in [-0.05, 0) is 37.9 Å². The largest absolute Gasteiger partial charge is 0.419 e. The molecule has 2 rings (SSSR count). The molecule has 2 aromatic rings. The van der Waals surface area contributed by atoms with Crippen LogP contribution in [-0.4, -0.2) is 21.7 Å². The molecule has 5 nitrogen and oxygen atoms in total. The van der Waals surface area contributed by atoms with E-state index >= 15 is 0 Å². The first kappa shape index (κ1) is 14.5.